The van der Waals surface area contributed by atoms with Crippen LogP contribution in [-0.4, -0.2) is 30.8 Å². The maximum absolute atomic E-state index is 12.2. The second kappa shape index (κ2) is 6.32. The van der Waals surface area contributed by atoms with Crippen molar-refractivity contribution >= 4 is 23.3 Å². The Morgan fingerprint density at radius 2 is 1.65 bits per heavy atom. The van der Waals surface area contributed by atoms with E-state index in [4.69, 9.17) is 0 Å². The number of nitrogens with zero attached hydrogens (tertiary/aromatic N) is 1. The third kappa shape index (κ3) is 3.04. The summed E-state index contributed by atoms with van der Waals surface area (Å²) < 4.78 is 4.68. The molecule has 0 spiro atoms. The van der Waals surface area contributed by atoms with Crippen LogP contribution in [-0.2, 0) is 19.1 Å². The van der Waals surface area contributed by atoms with Crippen molar-refractivity contribution in [2.75, 3.05) is 12.0 Å². The molecule has 0 aliphatic heterocycles. The molecule has 0 saturated heterocycles. The van der Waals surface area contributed by atoms with Crippen LogP contribution >= 0.6 is 0 Å². The number of benzene rings is 1. The van der Waals surface area contributed by atoms with E-state index in [1.807, 2.05) is 32.0 Å². The summed E-state index contributed by atoms with van der Waals surface area (Å²) in [5.41, 5.74) is 2.20. The highest BCUT2D eigenvalue weighted by atomic mass is 16.5. The largest absolute Gasteiger partial charge is 0.467 e. The van der Waals surface area contributed by atoms with Crippen molar-refractivity contribution < 1.29 is 19.1 Å². The van der Waals surface area contributed by atoms with Crippen LogP contribution in [0, 0.1) is 13.8 Å². The molecule has 20 heavy (non-hydrogen) atoms. The number of hydrogen-bond donors (Lipinski definition) is 0. The molecule has 0 aliphatic rings. The fourth-order valence-corrected chi connectivity index (χ4v) is 2.10. The molecule has 1 aromatic carbocycles. The molecule has 0 heterocycles. The first-order chi connectivity index (χ1) is 9.31. The second-order valence-corrected chi connectivity index (χ2v) is 4.67. The van der Waals surface area contributed by atoms with Gasteiger partial charge in [-0.2, -0.15) is 0 Å². The van der Waals surface area contributed by atoms with Gasteiger partial charge in [-0.15, -0.1) is 0 Å². The van der Waals surface area contributed by atoms with E-state index in [1.54, 1.807) is 6.92 Å². The average Bonchev–Trinajstić information content (AvgIpc) is 2.40. The van der Waals surface area contributed by atoms with Crippen LogP contribution in [0.15, 0.2) is 18.2 Å². The molecule has 108 valence electrons. The van der Waals surface area contributed by atoms with E-state index in [1.165, 1.54) is 18.9 Å². The van der Waals surface area contributed by atoms with Gasteiger partial charge >= 0.3 is 5.97 Å². The molecule has 1 atom stereocenters. The van der Waals surface area contributed by atoms with Crippen molar-refractivity contribution in [1.82, 2.24) is 0 Å². The first-order valence-electron chi connectivity index (χ1n) is 6.29. The highest BCUT2D eigenvalue weighted by Crippen LogP contribution is 2.27. The topological polar surface area (TPSA) is 63.7 Å². The third-order valence-corrected chi connectivity index (χ3v) is 3.13. The van der Waals surface area contributed by atoms with Gasteiger partial charge in [0, 0.05) is 6.92 Å². The van der Waals surface area contributed by atoms with Gasteiger partial charge < -0.3 is 4.74 Å². The fraction of sp³-hybridized carbons (Fsp3) is 0.400. The van der Waals surface area contributed by atoms with Gasteiger partial charge in [-0.25, -0.2) is 4.79 Å². The lowest BCUT2D eigenvalue weighted by Gasteiger charge is -2.29. The monoisotopic (exact) mass is 277 g/mol. The Kier molecular flexibility index (Phi) is 5.02. The van der Waals surface area contributed by atoms with E-state index >= 15 is 0 Å². The summed E-state index contributed by atoms with van der Waals surface area (Å²) >= 11 is 0. The Morgan fingerprint density at radius 3 is 2.05 bits per heavy atom. The molecule has 1 rings (SSSR count). The predicted octanol–water partition coefficient (Wildman–Crippen LogP) is 1.79. The smallest absolute Gasteiger partial charge is 0.328 e. The standard InChI is InChI=1S/C15H19NO4/c1-9-7-6-8-10(2)13(9)16(14(18)12(4)17)11(3)15(19)20-5/h6-8,11H,1-5H3/t11-/m1/s1. The van der Waals surface area contributed by atoms with Crippen LogP contribution in [0.3, 0.4) is 0 Å². The normalized spacial score (nSPS) is 11.7. The molecule has 0 radical (unpaired) electrons. The summed E-state index contributed by atoms with van der Waals surface area (Å²) in [6.45, 7) is 6.38. The van der Waals surface area contributed by atoms with Crippen molar-refractivity contribution in [3.63, 3.8) is 0 Å². The van der Waals surface area contributed by atoms with Crippen LogP contribution < -0.4 is 4.90 Å². The van der Waals surface area contributed by atoms with Crippen LogP contribution in [0.5, 0.6) is 0 Å². The minimum absolute atomic E-state index is 0.567. The zero-order valence-corrected chi connectivity index (χ0v) is 12.4. The van der Waals surface area contributed by atoms with Crippen molar-refractivity contribution in [1.29, 1.82) is 0 Å². The minimum Gasteiger partial charge on any atom is -0.467 e. The maximum atomic E-state index is 12.2. The van der Waals surface area contributed by atoms with E-state index in [0.717, 1.165) is 11.1 Å². The number of aryl methyl sites for hydroxylation is 2. The number of rotatable bonds is 4. The van der Waals surface area contributed by atoms with Crippen molar-refractivity contribution in [3.8, 4) is 0 Å². The molecule has 0 aliphatic carbocycles. The first kappa shape index (κ1) is 15.9. The first-order valence-corrected chi connectivity index (χ1v) is 6.29. The molecule has 0 aromatic heterocycles. The molecule has 0 bridgehead atoms. The zero-order chi connectivity index (χ0) is 15.4. The Morgan fingerprint density at radius 1 is 1.15 bits per heavy atom. The molecular formula is C15H19NO4. The van der Waals surface area contributed by atoms with Gasteiger partial charge in [0.1, 0.15) is 6.04 Å². The summed E-state index contributed by atoms with van der Waals surface area (Å²) in [6, 6.07) is 4.64. The molecule has 1 amide bonds. The maximum Gasteiger partial charge on any atom is 0.328 e. The molecule has 5 nitrogen and oxygen atoms in total. The van der Waals surface area contributed by atoms with Crippen LogP contribution in [0.4, 0.5) is 5.69 Å². The van der Waals surface area contributed by atoms with Gasteiger partial charge in [-0.1, -0.05) is 18.2 Å². The summed E-state index contributed by atoms with van der Waals surface area (Å²) in [5.74, 6) is -1.91. The number of amides is 1. The molecule has 0 N–H and O–H groups in total. The lowest BCUT2D eigenvalue weighted by Crippen LogP contribution is -2.47. The van der Waals surface area contributed by atoms with Crippen molar-refractivity contribution in [2.24, 2.45) is 0 Å². The van der Waals surface area contributed by atoms with E-state index in [9.17, 15) is 14.4 Å². The van der Waals surface area contributed by atoms with Crippen LogP contribution in [0.25, 0.3) is 0 Å². The highest BCUT2D eigenvalue weighted by molar-refractivity contribution is 6.41. The number of hydrogen-bond acceptors (Lipinski definition) is 4. The predicted molar refractivity (Wildman–Crippen MR) is 75.6 cm³/mol. The number of para-hydroxylation sites is 1. The number of carbonyl (C=O) groups excluding carboxylic acids is 3. The SMILES string of the molecule is COC(=O)[C@@H](C)N(C(=O)C(C)=O)c1c(C)cccc1C. The summed E-state index contributed by atoms with van der Waals surface area (Å²) in [5, 5.41) is 0. The number of carbonyl (C=O) groups is 3. The highest BCUT2D eigenvalue weighted by Gasteiger charge is 2.32. The summed E-state index contributed by atoms with van der Waals surface area (Å²) in [7, 11) is 1.25. The van der Waals surface area contributed by atoms with Gasteiger partial charge in [0.15, 0.2) is 0 Å². The molecule has 0 fully saturated rings. The zero-order valence-electron chi connectivity index (χ0n) is 12.4. The van der Waals surface area contributed by atoms with E-state index < -0.39 is 23.7 Å². The number of ketones is 1. The third-order valence-electron chi connectivity index (χ3n) is 3.13. The van der Waals surface area contributed by atoms with Crippen LogP contribution in [0.1, 0.15) is 25.0 Å². The Balaban J connectivity index is 3.42. The van der Waals surface area contributed by atoms with Gasteiger partial charge in [0.25, 0.3) is 5.91 Å². The Bertz CT molecular complexity index is 531. The van der Waals surface area contributed by atoms with Crippen molar-refractivity contribution in [3.05, 3.63) is 29.3 Å². The average molecular weight is 277 g/mol. The Labute approximate surface area is 118 Å². The quantitative estimate of drug-likeness (QED) is 0.621. The molecule has 0 unspecified atom stereocenters. The number of esters is 1. The molecule has 1 aromatic rings. The molecule has 5 heteroatoms. The van der Waals surface area contributed by atoms with Gasteiger partial charge in [0.05, 0.1) is 12.8 Å². The number of anilines is 1. The molecule has 0 saturated carbocycles. The minimum atomic E-state index is -0.865. The Hall–Kier alpha value is -2.17. The van der Waals surface area contributed by atoms with Crippen LogP contribution in [0.2, 0.25) is 0 Å². The summed E-state index contributed by atoms with van der Waals surface area (Å²) in [6.07, 6.45) is 0. The lowest BCUT2D eigenvalue weighted by molar-refractivity contribution is -0.143. The van der Waals surface area contributed by atoms with Gasteiger partial charge in [-0.3, -0.25) is 14.5 Å². The fourth-order valence-electron chi connectivity index (χ4n) is 2.10. The summed E-state index contributed by atoms with van der Waals surface area (Å²) in [4.78, 5) is 36.6. The van der Waals surface area contributed by atoms with Crippen molar-refractivity contribution in [2.45, 2.75) is 33.7 Å². The van der Waals surface area contributed by atoms with E-state index in [2.05, 4.69) is 4.74 Å². The number of ether oxygens (including phenoxy) is 1. The lowest BCUT2D eigenvalue weighted by atomic mass is 10.1. The molecular weight excluding hydrogens is 258 g/mol. The second-order valence-electron chi connectivity index (χ2n) is 4.67. The number of Topliss-reactive ketones (excluding diaryl/α,β-unsaturated/α-hetero) is 1. The number of methoxy groups -OCH3 is 1. The van der Waals surface area contributed by atoms with Gasteiger partial charge in [-0.05, 0) is 31.9 Å². The van der Waals surface area contributed by atoms with E-state index in [-0.39, 0.29) is 0 Å². The van der Waals surface area contributed by atoms with E-state index in [0.29, 0.717) is 5.69 Å². The van der Waals surface area contributed by atoms with Gasteiger partial charge in [0.2, 0.25) is 5.78 Å².